The number of nitrogen functional groups attached to an aromatic ring is 1. The van der Waals surface area contributed by atoms with E-state index in [1.54, 1.807) is 11.8 Å². The zero-order chi connectivity index (χ0) is 16.3. The van der Waals surface area contributed by atoms with Gasteiger partial charge in [0.15, 0.2) is 5.56 Å². The van der Waals surface area contributed by atoms with Crippen LogP contribution in [0, 0.1) is 11.3 Å². The molecule has 0 amide bonds. The first-order valence-electron chi connectivity index (χ1n) is 6.91. The van der Waals surface area contributed by atoms with Crippen LogP contribution in [0.15, 0.2) is 24.3 Å². The summed E-state index contributed by atoms with van der Waals surface area (Å²) in [6.45, 7) is 6.19. The summed E-state index contributed by atoms with van der Waals surface area (Å²) >= 11 is 0. The lowest BCUT2D eigenvalue weighted by molar-refractivity contribution is 0.276. The van der Waals surface area contributed by atoms with Gasteiger partial charge in [-0.2, -0.15) is 5.26 Å². The average Bonchev–Trinajstić information content (AvgIpc) is 2.81. The van der Waals surface area contributed by atoms with Crippen molar-refractivity contribution in [2.75, 3.05) is 12.8 Å². The van der Waals surface area contributed by atoms with E-state index >= 15 is 0 Å². The summed E-state index contributed by atoms with van der Waals surface area (Å²) in [7, 11) is 1.62. The Bertz CT molecular complexity index is 691. The second kappa shape index (κ2) is 5.98. The van der Waals surface area contributed by atoms with Gasteiger partial charge < -0.3 is 15.2 Å². The molecule has 2 N–H and O–H groups in total. The maximum absolute atomic E-state index is 9.26. The van der Waals surface area contributed by atoms with E-state index < -0.39 is 0 Å². The molecule has 0 fully saturated rings. The Labute approximate surface area is 130 Å². The number of aromatic nitrogens is 2. The Hall–Kier alpha value is -2.68. The van der Waals surface area contributed by atoms with Crippen LogP contribution < -0.4 is 15.2 Å². The van der Waals surface area contributed by atoms with E-state index in [0.29, 0.717) is 12.4 Å². The van der Waals surface area contributed by atoms with Crippen LogP contribution in [0.1, 0.15) is 31.9 Å². The van der Waals surface area contributed by atoms with Gasteiger partial charge in [-0.1, -0.05) is 12.1 Å². The lowest BCUT2D eigenvalue weighted by atomic mass is 10.1. The number of hydrogen-bond donors (Lipinski definition) is 1. The normalized spacial score (nSPS) is 11.0. The Kier molecular flexibility index (Phi) is 4.27. The molecule has 2 rings (SSSR count). The Balaban J connectivity index is 2.20. The van der Waals surface area contributed by atoms with Crippen molar-refractivity contribution in [3.05, 3.63) is 35.4 Å². The van der Waals surface area contributed by atoms with Crippen molar-refractivity contribution in [3.63, 3.8) is 0 Å². The molecule has 1 aromatic heterocycles. The van der Waals surface area contributed by atoms with Gasteiger partial charge in [-0.3, -0.25) is 0 Å². The number of nitriles is 1. The third-order valence-corrected chi connectivity index (χ3v) is 3.17. The monoisotopic (exact) mass is 300 g/mol. The van der Waals surface area contributed by atoms with Gasteiger partial charge in [-0.25, -0.2) is 4.68 Å². The van der Waals surface area contributed by atoms with Gasteiger partial charge in [0.25, 0.3) is 5.88 Å². The van der Waals surface area contributed by atoms with Gasteiger partial charge in [0.1, 0.15) is 24.2 Å². The lowest BCUT2D eigenvalue weighted by Gasteiger charge is -2.20. The Morgan fingerprint density at radius 2 is 1.91 bits per heavy atom. The molecule has 1 aromatic carbocycles. The summed E-state index contributed by atoms with van der Waals surface area (Å²) in [4.78, 5) is 0. The molecule has 0 atom stereocenters. The molecule has 0 saturated heterocycles. The van der Waals surface area contributed by atoms with Gasteiger partial charge in [0.05, 0.1) is 12.6 Å². The maximum atomic E-state index is 9.26. The first-order chi connectivity index (χ1) is 10.4. The molecular weight excluding hydrogens is 280 g/mol. The SMILES string of the molecule is COc1ccc(COc2nn(C(C)(C)C)c(N)c2C#N)cc1. The quantitative estimate of drug-likeness (QED) is 0.938. The van der Waals surface area contributed by atoms with Crippen LogP contribution in [0.2, 0.25) is 0 Å². The van der Waals surface area contributed by atoms with Gasteiger partial charge in [-0.15, -0.1) is 5.10 Å². The number of methoxy groups -OCH3 is 1. The fourth-order valence-corrected chi connectivity index (χ4v) is 2.00. The molecule has 0 aliphatic rings. The van der Waals surface area contributed by atoms with Gasteiger partial charge in [0.2, 0.25) is 0 Å². The highest BCUT2D eigenvalue weighted by Gasteiger charge is 2.24. The first kappa shape index (κ1) is 15.7. The molecule has 0 saturated carbocycles. The number of ether oxygens (including phenoxy) is 2. The molecule has 22 heavy (non-hydrogen) atoms. The highest BCUT2D eigenvalue weighted by Crippen LogP contribution is 2.28. The van der Waals surface area contributed by atoms with Crippen molar-refractivity contribution in [2.24, 2.45) is 0 Å². The van der Waals surface area contributed by atoms with E-state index in [9.17, 15) is 5.26 Å². The van der Waals surface area contributed by atoms with Gasteiger partial charge >= 0.3 is 0 Å². The minimum Gasteiger partial charge on any atom is -0.497 e. The molecule has 0 aliphatic heterocycles. The fourth-order valence-electron chi connectivity index (χ4n) is 2.00. The fraction of sp³-hybridized carbons (Fsp3) is 0.375. The van der Waals surface area contributed by atoms with E-state index in [1.165, 1.54) is 0 Å². The second-order valence-electron chi connectivity index (χ2n) is 5.90. The number of nitrogens with zero attached hydrogens (tertiary/aromatic N) is 3. The van der Waals surface area contributed by atoms with E-state index in [2.05, 4.69) is 11.2 Å². The summed E-state index contributed by atoms with van der Waals surface area (Å²) in [6, 6.07) is 9.56. The van der Waals surface area contributed by atoms with E-state index in [4.69, 9.17) is 15.2 Å². The molecule has 1 heterocycles. The molecule has 116 valence electrons. The molecule has 0 spiro atoms. The minimum atomic E-state index is -0.322. The number of hydrogen-bond acceptors (Lipinski definition) is 5. The van der Waals surface area contributed by atoms with Crippen molar-refractivity contribution in [2.45, 2.75) is 32.9 Å². The van der Waals surface area contributed by atoms with Gasteiger partial charge in [0, 0.05) is 0 Å². The largest absolute Gasteiger partial charge is 0.497 e. The second-order valence-corrected chi connectivity index (χ2v) is 5.90. The molecular formula is C16H20N4O2. The molecule has 6 heteroatoms. The molecule has 6 nitrogen and oxygen atoms in total. The number of rotatable bonds is 4. The third kappa shape index (κ3) is 3.14. The predicted molar refractivity (Wildman–Crippen MR) is 83.7 cm³/mol. The Morgan fingerprint density at radius 3 is 2.41 bits per heavy atom. The predicted octanol–water partition coefficient (Wildman–Crippen LogP) is 2.68. The summed E-state index contributed by atoms with van der Waals surface area (Å²) in [5, 5.41) is 13.6. The molecule has 0 bridgehead atoms. The van der Waals surface area contributed by atoms with Crippen LogP contribution in [0.25, 0.3) is 0 Å². The van der Waals surface area contributed by atoms with E-state index in [-0.39, 0.29) is 17.0 Å². The summed E-state index contributed by atoms with van der Waals surface area (Å²) in [5.41, 5.74) is 6.89. The summed E-state index contributed by atoms with van der Waals surface area (Å²) in [6.07, 6.45) is 0. The van der Waals surface area contributed by atoms with Crippen molar-refractivity contribution in [1.29, 1.82) is 5.26 Å². The van der Waals surface area contributed by atoms with E-state index in [0.717, 1.165) is 11.3 Å². The summed E-state index contributed by atoms with van der Waals surface area (Å²) < 4.78 is 12.4. The smallest absolute Gasteiger partial charge is 0.253 e. The number of nitrogens with two attached hydrogens (primary N) is 1. The molecule has 0 unspecified atom stereocenters. The highest BCUT2D eigenvalue weighted by atomic mass is 16.5. The van der Waals surface area contributed by atoms with Crippen LogP contribution in [0.3, 0.4) is 0 Å². The molecule has 0 radical (unpaired) electrons. The standard InChI is InChI=1S/C16H20N4O2/c1-16(2,3)20-14(18)13(9-17)15(19-20)22-10-11-5-7-12(21-4)8-6-11/h5-8H,10,18H2,1-4H3. The van der Waals surface area contributed by atoms with Crippen LogP contribution in [-0.2, 0) is 12.1 Å². The first-order valence-corrected chi connectivity index (χ1v) is 6.91. The van der Waals surface area contributed by atoms with Crippen LogP contribution in [0.4, 0.5) is 5.82 Å². The van der Waals surface area contributed by atoms with Crippen molar-refractivity contribution >= 4 is 5.82 Å². The van der Waals surface area contributed by atoms with Crippen molar-refractivity contribution < 1.29 is 9.47 Å². The zero-order valence-corrected chi connectivity index (χ0v) is 13.3. The Morgan fingerprint density at radius 1 is 1.27 bits per heavy atom. The average molecular weight is 300 g/mol. The van der Waals surface area contributed by atoms with Crippen LogP contribution in [-0.4, -0.2) is 16.9 Å². The maximum Gasteiger partial charge on any atom is 0.253 e. The number of benzene rings is 1. The van der Waals surface area contributed by atoms with Gasteiger partial charge in [-0.05, 0) is 38.5 Å². The third-order valence-electron chi connectivity index (χ3n) is 3.17. The summed E-state index contributed by atoms with van der Waals surface area (Å²) in [5.74, 6) is 1.35. The van der Waals surface area contributed by atoms with E-state index in [1.807, 2.05) is 45.0 Å². The minimum absolute atomic E-state index is 0.255. The van der Waals surface area contributed by atoms with Crippen LogP contribution >= 0.6 is 0 Å². The van der Waals surface area contributed by atoms with Crippen molar-refractivity contribution in [1.82, 2.24) is 9.78 Å². The highest BCUT2D eigenvalue weighted by molar-refractivity contribution is 5.55. The molecule has 2 aromatic rings. The van der Waals surface area contributed by atoms with Crippen molar-refractivity contribution in [3.8, 4) is 17.7 Å². The lowest BCUT2D eigenvalue weighted by Crippen LogP contribution is -2.24. The van der Waals surface area contributed by atoms with Crippen LogP contribution in [0.5, 0.6) is 11.6 Å². The molecule has 0 aliphatic carbocycles. The topological polar surface area (TPSA) is 86.1 Å². The number of anilines is 1. The zero-order valence-electron chi connectivity index (χ0n) is 13.3.